The summed E-state index contributed by atoms with van der Waals surface area (Å²) >= 11 is 0. The van der Waals surface area contributed by atoms with Gasteiger partial charge in [-0.15, -0.1) is 0 Å². The number of carbonyl (C=O) groups is 2. The third kappa shape index (κ3) is 3.83. The summed E-state index contributed by atoms with van der Waals surface area (Å²) in [5.41, 5.74) is 0. The van der Waals surface area contributed by atoms with Gasteiger partial charge in [-0.25, -0.2) is 0 Å². The molecule has 0 spiro atoms. The van der Waals surface area contributed by atoms with Gasteiger partial charge in [0.25, 0.3) is 0 Å². The molecule has 1 fully saturated rings. The Morgan fingerprint density at radius 1 is 1.08 bits per heavy atom. The van der Waals surface area contributed by atoms with E-state index >= 15 is 0 Å². The molecule has 0 aromatic heterocycles. The van der Waals surface area contributed by atoms with Crippen molar-refractivity contribution in [2.75, 3.05) is 0 Å². The molecule has 13 heavy (non-hydrogen) atoms. The van der Waals surface area contributed by atoms with Crippen LogP contribution < -0.4 is 0 Å². The molecule has 1 aliphatic rings. The van der Waals surface area contributed by atoms with E-state index in [0.717, 1.165) is 0 Å². The van der Waals surface area contributed by atoms with E-state index in [9.17, 15) is 9.59 Å². The molecule has 0 aromatic rings. The van der Waals surface area contributed by atoms with Crippen molar-refractivity contribution >= 4 is 49.7 Å². The molecule has 2 atom stereocenters. The quantitative estimate of drug-likeness (QED) is 0.667. The second-order valence-corrected chi connectivity index (χ2v) is 3.24. The Bertz CT molecular complexity index is 193. The predicted molar refractivity (Wildman–Crippen MR) is 48.7 cm³/mol. The maximum atomic E-state index is 10.5. The molecule has 72 valence electrons. The summed E-state index contributed by atoms with van der Waals surface area (Å²) in [5, 5.41) is 17.3. The minimum Gasteiger partial charge on any atom is -1.00 e. The first-order chi connectivity index (χ1) is 5.61. The zero-order valence-electron chi connectivity index (χ0n) is 9.40. The van der Waals surface area contributed by atoms with E-state index in [1.165, 1.54) is 0 Å². The third-order valence-electron chi connectivity index (χ3n) is 2.37. The second kappa shape index (κ2) is 5.83. The van der Waals surface area contributed by atoms with Gasteiger partial charge in [0, 0.05) is 0 Å². The maximum absolute atomic E-state index is 10.5. The smallest absolute Gasteiger partial charge is 1.00 e. The minimum atomic E-state index is -0.860. The number of aliphatic carboxylic acids is 2. The van der Waals surface area contributed by atoms with Crippen molar-refractivity contribution in [3.63, 3.8) is 0 Å². The Labute approximate surface area is 109 Å². The van der Waals surface area contributed by atoms with Gasteiger partial charge >= 0.3 is 49.7 Å². The van der Waals surface area contributed by atoms with Crippen molar-refractivity contribution in [3.8, 4) is 0 Å². The molecular formula is C8H14CaO4. The summed E-state index contributed by atoms with van der Waals surface area (Å²) in [7, 11) is 0. The molecule has 0 amide bonds. The van der Waals surface area contributed by atoms with Crippen LogP contribution in [0.25, 0.3) is 0 Å². The average molecular weight is 214 g/mol. The maximum Gasteiger partial charge on any atom is 2.00 e. The molecule has 4 nitrogen and oxygen atoms in total. The van der Waals surface area contributed by atoms with E-state index in [2.05, 4.69) is 0 Å². The number of carboxylic acids is 2. The van der Waals surface area contributed by atoms with E-state index in [-0.39, 0.29) is 40.6 Å². The molecule has 5 heteroatoms. The Balaban J connectivity index is -0.000000480. The van der Waals surface area contributed by atoms with Gasteiger partial charge in [0.2, 0.25) is 0 Å². The van der Waals surface area contributed by atoms with Gasteiger partial charge in [-0.1, -0.05) is 6.42 Å². The van der Waals surface area contributed by atoms with Gasteiger partial charge in [0.05, 0.1) is 11.8 Å². The Kier molecular flexibility index (Phi) is 5.92. The van der Waals surface area contributed by atoms with Crippen molar-refractivity contribution in [2.24, 2.45) is 11.8 Å². The van der Waals surface area contributed by atoms with Crippen molar-refractivity contribution in [2.45, 2.75) is 25.7 Å². The first-order valence-electron chi connectivity index (χ1n) is 4.07. The standard InChI is InChI=1S/C8H12O4.Ca.2H/c9-7(10)5-2-1-3-6(4-5)8(11)12;;;/h5-6H,1-4H2,(H,9,10)(H,11,12);;;/q;+2;2*-1. The van der Waals surface area contributed by atoms with E-state index < -0.39 is 23.8 Å². The van der Waals surface area contributed by atoms with Gasteiger partial charge < -0.3 is 13.1 Å². The van der Waals surface area contributed by atoms with Crippen LogP contribution in [-0.2, 0) is 9.59 Å². The van der Waals surface area contributed by atoms with Crippen molar-refractivity contribution in [3.05, 3.63) is 0 Å². The monoisotopic (exact) mass is 214 g/mol. The van der Waals surface area contributed by atoms with Crippen LogP contribution in [0, 0.1) is 11.8 Å². The normalized spacial score (nSPS) is 27.4. The molecule has 0 aliphatic heterocycles. The Hall–Kier alpha value is 0.200. The van der Waals surface area contributed by atoms with Crippen LogP contribution in [0.15, 0.2) is 0 Å². The van der Waals surface area contributed by atoms with Crippen LogP contribution in [0.4, 0.5) is 0 Å². The summed E-state index contributed by atoms with van der Waals surface area (Å²) in [4.78, 5) is 21.1. The molecule has 1 saturated carbocycles. The second-order valence-electron chi connectivity index (χ2n) is 3.24. The predicted octanol–water partition coefficient (Wildman–Crippen LogP) is 0.806. The summed E-state index contributed by atoms with van der Waals surface area (Å²) in [5.74, 6) is -2.61. The van der Waals surface area contributed by atoms with E-state index in [1.54, 1.807) is 0 Å². The largest absolute Gasteiger partial charge is 2.00 e. The van der Waals surface area contributed by atoms with Crippen molar-refractivity contribution < 1.29 is 22.7 Å². The van der Waals surface area contributed by atoms with Crippen LogP contribution >= 0.6 is 0 Å². The Morgan fingerprint density at radius 2 is 1.46 bits per heavy atom. The molecule has 1 rings (SSSR count). The summed E-state index contributed by atoms with van der Waals surface area (Å²) in [6.45, 7) is 0. The zero-order valence-corrected chi connectivity index (χ0v) is 9.61. The van der Waals surface area contributed by atoms with Gasteiger partial charge in [-0.3, -0.25) is 9.59 Å². The molecule has 2 unspecified atom stereocenters. The number of hydrogen-bond acceptors (Lipinski definition) is 2. The molecular weight excluding hydrogens is 200 g/mol. The first-order valence-corrected chi connectivity index (χ1v) is 4.07. The summed E-state index contributed by atoms with van der Waals surface area (Å²) < 4.78 is 0. The fourth-order valence-electron chi connectivity index (χ4n) is 1.64. The van der Waals surface area contributed by atoms with Gasteiger partial charge in [-0.2, -0.15) is 0 Å². The topological polar surface area (TPSA) is 74.6 Å². The minimum absolute atomic E-state index is 0. The molecule has 0 heterocycles. The Morgan fingerprint density at radius 3 is 1.77 bits per heavy atom. The summed E-state index contributed by atoms with van der Waals surface area (Å²) in [6, 6.07) is 0. The van der Waals surface area contributed by atoms with Crippen molar-refractivity contribution in [1.82, 2.24) is 0 Å². The summed E-state index contributed by atoms with van der Waals surface area (Å²) in [6.07, 6.45) is 2.26. The van der Waals surface area contributed by atoms with Gasteiger partial charge in [0.15, 0.2) is 0 Å². The van der Waals surface area contributed by atoms with Crippen LogP contribution in [0.3, 0.4) is 0 Å². The van der Waals surface area contributed by atoms with Crippen LogP contribution in [0.5, 0.6) is 0 Å². The van der Waals surface area contributed by atoms with E-state index in [0.29, 0.717) is 25.7 Å². The molecule has 1 aliphatic carbocycles. The number of carboxylic acid groups (broad SMARTS) is 2. The molecule has 0 saturated heterocycles. The molecule has 2 N–H and O–H groups in total. The number of rotatable bonds is 2. The molecule has 0 radical (unpaired) electrons. The third-order valence-corrected chi connectivity index (χ3v) is 2.37. The van der Waals surface area contributed by atoms with Crippen LogP contribution in [0.2, 0.25) is 0 Å². The fourth-order valence-corrected chi connectivity index (χ4v) is 1.64. The molecule has 0 bridgehead atoms. The SMILES string of the molecule is O=C(O)C1CCCC(C(=O)O)C1.[Ca+2].[H-].[H-]. The average Bonchev–Trinajstić information content (AvgIpc) is 2.04. The van der Waals surface area contributed by atoms with E-state index in [1.807, 2.05) is 0 Å². The molecule has 0 aromatic carbocycles. The first kappa shape index (κ1) is 13.2. The van der Waals surface area contributed by atoms with E-state index in [4.69, 9.17) is 10.2 Å². The zero-order chi connectivity index (χ0) is 9.14. The van der Waals surface area contributed by atoms with Crippen LogP contribution in [-0.4, -0.2) is 59.9 Å². The number of hydrogen-bond donors (Lipinski definition) is 2. The van der Waals surface area contributed by atoms with Crippen LogP contribution in [0.1, 0.15) is 28.5 Å². The fraction of sp³-hybridized carbons (Fsp3) is 0.750. The van der Waals surface area contributed by atoms with Gasteiger partial charge in [0.1, 0.15) is 0 Å². The van der Waals surface area contributed by atoms with Crippen molar-refractivity contribution in [1.29, 1.82) is 0 Å². The van der Waals surface area contributed by atoms with Gasteiger partial charge in [-0.05, 0) is 19.3 Å².